The fourth-order valence-electron chi connectivity index (χ4n) is 3.09. The van der Waals surface area contributed by atoms with Crippen molar-refractivity contribution in [3.05, 3.63) is 89.0 Å². The van der Waals surface area contributed by atoms with Crippen LogP contribution < -0.4 is 4.74 Å². The van der Waals surface area contributed by atoms with E-state index in [9.17, 15) is 30.7 Å². The van der Waals surface area contributed by atoms with Gasteiger partial charge >= 0.3 is 12.3 Å². The first kappa shape index (κ1) is 22.7. The van der Waals surface area contributed by atoms with Gasteiger partial charge in [0.2, 0.25) is 0 Å². The van der Waals surface area contributed by atoms with Gasteiger partial charge in [-0.1, -0.05) is 37.6 Å². The van der Waals surface area contributed by atoms with E-state index in [-0.39, 0.29) is 22.4 Å². The molecule has 0 bridgehead atoms. The summed E-state index contributed by atoms with van der Waals surface area (Å²) < 4.78 is 99.2. The first-order valence-corrected chi connectivity index (χ1v) is 9.34. The van der Waals surface area contributed by atoms with Crippen molar-refractivity contribution in [1.29, 1.82) is 0 Å². The van der Waals surface area contributed by atoms with Crippen LogP contribution >= 0.6 is 0 Å². The van der Waals surface area contributed by atoms with E-state index in [1.807, 2.05) is 6.92 Å². The van der Waals surface area contributed by atoms with Crippen LogP contribution in [0.1, 0.15) is 30.0 Å². The van der Waals surface area contributed by atoms with Crippen LogP contribution in [0, 0.1) is 11.6 Å². The molecule has 0 aliphatic carbocycles. The third-order valence-corrected chi connectivity index (χ3v) is 4.59. The summed E-state index contributed by atoms with van der Waals surface area (Å²) in [4.78, 5) is 0. The number of ether oxygens (including phenoxy) is 1. The molecule has 0 unspecified atom stereocenters. The summed E-state index contributed by atoms with van der Waals surface area (Å²) >= 11 is 0. The predicted molar refractivity (Wildman–Crippen MR) is 102 cm³/mol. The van der Waals surface area contributed by atoms with Crippen LogP contribution in [0.15, 0.2) is 60.7 Å². The van der Waals surface area contributed by atoms with E-state index < -0.39 is 29.5 Å². The Hall–Kier alpha value is -3.03. The van der Waals surface area contributed by atoms with Gasteiger partial charge in [0.25, 0.3) is 0 Å². The molecule has 0 atom stereocenters. The van der Waals surface area contributed by atoms with Gasteiger partial charge in [0, 0.05) is 0 Å². The average molecular weight is 442 g/mol. The highest BCUT2D eigenvalue weighted by molar-refractivity contribution is 5.65. The lowest BCUT2D eigenvalue weighted by atomic mass is 10.0. The van der Waals surface area contributed by atoms with Gasteiger partial charge in [0.15, 0.2) is 0 Å². The number of alkyl halides is 5. The van der Waals surface area contributed by atoms with Crippen molar-refractivity contribution in [1.82, 2.24) is 0 Å². The van der Waals surface area contributed by atoms with Gasteiger partial charge in [-0.25, -0.2) is 8.78 Å². The van der Waals surface area contributed by atoms with Crippen LogP contribution in [0.5, 0.6) is 5.75 Å². The summed E-state index contributed by atoms with van der Waals surface area (Å²) in [7, 11) is 0. The average Bonchev–Trinajstić information content (AvgIpc) is 2.67. The van der Waals surface area contributed by atoms with Gasteiger partial charge in [-0.3, -0.25) is 0 Å². The smallest absolute Gasteiger partial charge is 0.426 e. The highest BCUT2D eigenvalue weighted by Crippen LogP contribution is 2.37. The largest absolute Gasteiger partial charge is 0.429 e. The Labute approximate surface area is 174 Å². The molecule has 31 heavy (non-hydrogen) atoms. The van der Waals surface area contributed by atoms with E-state index in [1.165, 1.54) is 24.3 Å². The maximum absolute atomic E-state index is 14.4. The molecule has 0 aromatic heterocycles. The molecule has 0 spiro atoms. The lowest BCUT2D eigenvalue weighted by Gasteiger charge is -2.19. The molecule has 1 nitrogen and oxygen atoms in total. The first-order valence-electron chi connectivity index (χ1n) is 9.34. The SMILES string of the molecule is CCCc1ccc(C(F)(F)Oc2ccc(-c3cc(F)c(C(F)(F)F)c(F)c3)cc2)cc1. The number of halogens is 7. The molecule has 3 rings (SSSR count). The highest BCUT2D eigenvalue weighted by atomic mass is 19.4. The van der Waals surface area contributed by atoms with Crippen LogP contribution in [0.3, 0.4) is 0 Å². The Balaban J connectivity index is 1.80. The molecule has 0 fully saturated rings. The second-order valence-corrected chi connectivity index (χ2v) is 6.90. The summed E-state index contributed by atoms with van der Waals surface area (Å²) in [6.07, 6.45) is -7.16. The molecule has 0 amide bonds. The van der Waals surface area contributed by atoms with Crippen molar-refractivity contribution in [3.63, 3.8) is 0 Å². The van der Waals surface area contributed by atoms with E-state index in [1.54, 1.807) is 12.1 Å². The van der Waals surface area contributed by atoms with E-state index in [0.717, 1.165) is 30.5 Å². The fourth-order valence-corrected chi connectivity index (χ4v) is 3.09. The molecular formula is C23H17F7O. The minimum absolute atomic E-state index is 0.131. The number of aryl methyl sites for hydroxylation is 1. The van der Waals surface area contributed by atoms with Gasteiger partial charge in [-0.15, -0.1) is 0 Å². The summed E-state index contributed by atoms with van der Waals surface area (Å²) in [5, 5.41) is 0. The van der Waals surface area contributed by atoms with Gasteiger partial charge in [0.1, 0.15) is 22.9 Å². The summed E-state index contributed by atoms with van der Waals surface area (Å²) in [5.74, 6) is -3.75. The molecule has 164 valence electrons. The minimum Gasteiger partial charge on any atom is -0.429 e. The van der Waals surface area contributed by atoms with Crippen molar-refractivity contribution < 1.29 is 35.5 Å². The summed E-state index contributed by atoms with van der Waals surface area (Å²) in [5.41, 5.74) is -1.45. The normalized spacial score (nSPS) is 12.1. The lowest BCUT2D eigenvalue weighted by molar-refractivity contribution is -0.185. The zero-order valence-corrected chi connectivity index (χ0v) is 16.2. The lowest BCUT2D eigenvalue weighted by Crippen LogP contribution is -2.21. The van der Waals surface area contributed by atoms with Gasteiger partial charge in [-0.05, 0) is 59.5 Å². The van der Waals surface area contributed by atoms with Gasteiger partial charge in [-0.2, -0.15) is 22.0 Å². The maximum Gasteiger partial charge on any atom is 0.426 e. The van der Waals surface area contributed by atoms with Crippen molar-refractivity contribution >= 4 is 0 Å². The fraction of sp³-hybridized carbons (Fsp3) is 0.217. The Morgan fingerprint density at radius 1 is 0.742 bits per heavy atom. The molecule has 3 aromatic carbocycles. The molecule has 0 saturated heterocycles. The third kappa shape index (κ3) is 5.18. The monoisotopic (exact) mass is 442 g/mol. The highest BCUT2D eigenvalue weighted by Gasteiger charge is 2.38. The molecule has 0 aliphatic rings. The predicted octanol–water partition coefficient (Wildman–Crippen LogP) is 7.73. The van der Waals surface area contributed by atoms with E-state index in [2.05, 4.69) is 0 Å². The van der Waals surface area contributed by atoms with E-state index in [4.69, 9.17) is 4.74 Å². The van der Waals surface area contributed by atoms with Crippen LogP contribution in [0.25, 0.3) is 11.1 Å². The van der Waals surface area contributed by atoms with Crippen LogP contribution in [-0.4, -0.2) is 0 Å². The zero-order chi connectivity index (χ0) is 22.8. The minimum atomic E-state index is -5.18. The Bertz CT molecular complexity index is 1020. The van der Waals surface area contributed by atoms with Crippen LogP contribution in [-0.2, 0) is 18.7 Å². The third-order valence-electron chi connectivity index (χ3n) is 4.59. The first-order chi connectivity index (χ1) is 14.5. The van der Waals surface area contributed by atoms with Crippen molar-refractivity contribution in [3.8, 4) is 16.9 Å². The Kier molecular flexibility index (Phi) is 6.29. The van der Waals surface area contributed by atoms with Gasteiger partial charge in [0.05, 0.1) is 5.56 Å². The van der Waals surface area contributed by atoms with Crippen molar-refractivity contribution in [2.75, 3.05) is 0 Å². The molecule has 0 heterocycles. The molecule has 0 saturated carbocycles. The van der Waals surface area contributed by atoms with Crippen LogP contribution in [0.4, 0.5) is 30.7 Å². The standard InChI is InChI=1S/C23H17F7O/c1-2-3-14-4-8-17(9-5-14)23(29,30)31-18-10-6-15(7-11-18)16-12-19(24)21(20(25)13-16)22(26,27)28/h4-13H,2-3H2,1H3. The Morgan fingerprint density at radius 2 is 1.29 bits per heavy atom. The topological polar surface area (TPSA) is 9.23 Å². The molecular weight excluding hydrogens is 425 g/mol. The van der Waals surface area contributed by atoms with E-state index in [0.29, 0.717) is 12.1 Å². The van der Waals surface area contributed by atoms with Gasteiger partial charge < -0.3 is 4.74 Å². The number of benzene rings is 3. The zero-order valence-electron chi connectivity index (χ0n) is 16.2. The second-order valence-electron chi connectivity index (χ2n) is 6.90. The molecule has 0 radical (unpaired) electrons. The second kappa shape index (κ2) is 8.61. The molecule has 0 aliphatic heterocycles. The number of rotatable bonds is 6. The number of hydrogen-bond acceptors (Lipinski definition) is 1. The van der Waals surface area contributed by atoms with E-state index >= 15 is 0 Å². The van der Waals surface area contributed by atoms with Crippen LogP contribution in [0.2, 0.25) is 0 Å². The molecule has 3 aromatic rings. The number of hydrogen-bond donors (Lipinski definition) is 0. The quantitative estimate of drug-likeness (QED) is 0.355. The molecule has 0 N–H and O–H groups in total. The van der Waals surface area contributed by atoms with Crippen molar-refractivity contribution in [2.24, 2.45) is 0 Å². The van der Waals surface area contributed by atoms with Crippen molar-refractivity contribution in [2.45, 2.75) is 32.1 Å². The molecule has 8 heteroatoms. The summed E-state index contributed by atoms with van der Waals surface area (Å²) in [6, 6.07) is 11.5. The Morgan fingerprint density at radius 3 is 1.77 bits per heavy atom. The summed E-state index contributed by atoms with van der Waals surface area (Å²) in [6.45, 7) is 1.97. The maximum atomic E-state index is 14.4.